The van der Waals surface area contributed by atoms with Crippen LogP contribution in [0.15, 0.2) is 110 Å². The van der Waals surface area contributed by atoms with Crippen molar-refractivity contribution in [2.24, 2.45) is 0 Å². The van der Waals surface area contributed by atoms with Crippen molar-refractivity contribution in [2.75, 3.05) is 62.2 Å². The highest BCUT2D eigenvalue weighted by molar-refractivity contribution is 5.83. The number of imidazole rings is 1. The molecular weight excluding hydrogens is 672 g/mol. The molecule has 0 spiro atoms. The number of rotatable bonds is 4. The average Bonchev–Trinajstić information content (AvgIpc) is 3.82. The molecule has 14 nitrogen and oxygen atoms in total. The fourth-order valence-corrected chi connectivity index (χ4v) is 6.79. The molecule has 0 aromatic carbocycles. The molecule has 0 radical (unpaired) electrons. The molecule has 2 saturated heterocycles. The number of aryl methyl sites for hydroxylation is 1. The van der Waals surface area contributed by atoms with Crippen LogP contribution in [-0.2, 0) is 0 Å². The van der Waals surface area contributed by atoms with Gasteiger partial charge in [0.2, 0.25) is 5.71 Å². The van der Waals surface area contributed by atoms with Gasteiger partial charge in [0.25, 0.3) is 0 Å². The van der Waals surface area contributed by atoms with Gasteiger partial charge in [-0.15, -0.1) is 0 Å². The Bertz CT molecular complexity index is 2710. The van der Waals surface area contributed by atoms with Gasteiger partial charge in [-0.1, -0.05) is 6.07 Å². The third-order valence-corrected chi connectivity index (χ3v) is 9.60. The van der Waals surface area contributed by atoms with Crippen LogP contribution in [0.3, 0.4) is 0 Å². The standard InChI is InChI=1S/C20H19N5O2.C19H17N5O2/c1-13-4-7-25-15(10-13)12-17(23-25)16-11-14-2-3-18(22-19(14)27-20(16)26)24-8-5-21-6-9-24;25-19-14(15-12-24-6-2-1-3-17(24)22-15)9-13-11-21-18(10-16(13)26-19)23-7-4-20-5-8-23/h2-4,7,10-12,21H,5-6,8-9H2,1H3;1-3,6,9-12,20H,4-5,7-8H2. The Balaban J connectivity index is 0.000000141. The van der Waals surface area contributed by atoms with E-state index < -0.39 is 11.3 Å². The second kappa shape index (κ2) is 13.6. The summed E-state index contributed by atoms with van der Waals surface area (Å²) in [6.45, 7) is 9.30. The molecule has 0 aliphatic carbocycles. The van der Waals surface area contributed by atoms with Gasteiger partial charge in [0, 0.05) is 94.0 Å². The molecule has 8 aromatic heterocycles. The summed E-state index contributed by atoms with van der Waals surface area (Å²) in [4.78, 5) is 43.1. The second-order valence-corrected chi connectivity index (χ2v) is 13.2. The first-order chi connectivity index (χ1) is 25.9. The van der Waals surface area contributed by atoms with E-state index in [2.05, 4.69) is 40.5 Å². The number of pyridine rings is 4. The Morgan fingerprint density at radius 1 is 0.698 bits per heavy atom. The molecule has 2 aliphatic rings. The predicted octanol–water partition coefficient (Wildman–Crippen LogP) is 4.13. The lowest BCUT2D eigenvalue weighted by Gasteiger charge is -2.28. The lowest BCUT2D eigenvalue weighted by molar-refractivity contribution is 0.547. The highest BCUT2D eigenvalue weighted by Crippen LogP contribution is 2.25. The summed E-state index contributed by atoms with van der Waals surface area (Å²) in [5, 5.41) is 12.7. The summed E-state index contributed by atoms with van der Waals surface area (Å²) in [7, 11) is 0. The Labute approximate surface area is 302 Å². The van der Waals surface area contributed by atoms with Crippen molar-refractivity contribution in [3.05, 3.63) is 118 Å². The van der Waals surface area contributed by atoms with E-state index in [-0.39, 0.29) is 0 Å². The Morgan fingerprint density at radius 3 is 2.23 bits per heavy atom. The zero-order chi connectivity index (χ0) is 35.9. The number of hydrogen-bond acceptors (Lipinski definition) is 12. The monoisotopic (exact) mass is 708 g/mol. The third kappa shape index (κ3) is 6.49. The molecule has 0 saturated carbocycles. The minimum absolute atomic E-state index is 0.361. The maximum atomic E-state index is 12.6. The van der Waals surface area contributed by atoms with Crippen LogP contribution in [0.4, 0.5) is 11.6 Å². The van der Waals surface area contributed by atoms with Crippen molar-refractivity contribution in [1.29, 1.82) is 0 Å². The maximum Gasteiger partial charge on any atom is 0.347 e. The van der Waals surface area contributed by atoms with Crippen LogP contribution in [0, 0.1) is 6.92 Å². The summed E-state index contributed by atoms with van der Waals surface area (Å²) in [6.07, 6.45) is 7.37. The molecule has 0 atom stereocenters. The van der Waals surface area contributed by atoms with Crippen molar-refractivity contribution in [3.63, 3.8) is 0 Å². The zero-order valence-corrected chi connectivity index (χ0v) is 29.0. The molecule has 53 heavy (non-hydrogen) atoms. The Hall–Kier alpha value is -6.38. The number of hydrogen-bond donors (Lipinski definition) is 2. The number of anilines is 2. The van der Waals surface area contributed by atoms with Gasteiger partial charge in [-0.25, -0.2) is 24.1 Å². The van der Waals surface area contributed by atoms with Crippen molar-refractivity contribution < 1.29 is 8.83 Å². The molecule has 2 N–H and O–H groups in total. The van der Waals surface area contributed by atoms with Gasteiger partial charge in [0.1, 0.15) is 28.6 Å². The lowest BCUT2D eigenvalue weighted by atomic mass is 10.1. The first-order valence-electron chi connectivity index (χ1n) is 17.7. The highest BCUT2D eigenvalue weighted by atomic mass is 16.4. The molecule has 266 valence electrons. The first kappa shape index (κ1) is 32.5. The molecule has 10 rings (SSSR count). The minimum atomic E-state index is -0.424. The zero-order valence-electron chi connectivity index (χ0n) is 29.0. The predicted molar refractivity (Wildman–Crippen MR) is 204 cm³/mol. The van der Waals surface area contributed by atoms with Crippen LogP contribution >= 0.6 is 0 Å². The van der Waals surface area contributed by atoms with E-state index in [4.69, 9.17) is 8.83 Å². The third-order valence-electron chi connectivity index (χ3n) is 9.60. The molecule has 0 unspecified atom stereocenters. The summed E-state index contributed by atoms with van der Waals surface area (Å²) >= 11 is 0. The van der Waals surface area contributed by atoms with E-state index in [0.29, 0.717) is 33.8 Å². The van der Waals surface area contributed by atoms with Crippen molar-refractivity contribution in [2.45, 2.75) is 6.92 Å². The van der Waals surface area contributed by atoms with Crippen LogP contribution < -0.4 is 31.7 Å². The van der Waals surface area contributed by atoms with Crippen molar-refractivity contribution >= 4 is 44.9 Å². The number of piperazine rings is 2. The molecule has 0 bridgehead atoms. The Morgan fingerprint density at radius 2 is 1.43 bits per heavy atom. The van der Waals surface area contributed by atoms with Crippen LogP contribution in [0.2, 0.25) is 0 Å². The summed E-state index contributed by atoms with van der Waals surface area (Å²) < 4.78 is 14.8. The topological polar surface area (TPSA) is 151 Å². The van der Waals surface area contributed by atoms with Gasteiger partial charge in [0.15, 0.2) is 0 Å². The summed E-state index contributed by atoms with van der Waals surface area (Å²) in [5.74, 6) is 1.67. The van der Waals surface area contributed by atoms with E-state index in [1.54, 1.807) is 16.8 Å². The maximum absolute atomic E-state index is 12.6. The van der Waals surface area contributed by atoms with Gasteiger partial charge in [0.05, 0.1) is 22.3 Å². The van der Waals surface area contributed by atoms with E-state index in [9.17, 15) is 9.59 Å². The number of fused-ring (bicyclic) bond motifs is 4. The molecule has 0 amide bonds. The van der Waals surface area contributed by atoms with Crippen LogP contribution in [0.1, 0.15) is 5.56 Å². The van der Waals surface area contributed by atoms with E-state index in [0.717, 1.165) is 91.5 Å². The normalized spacial score (nSPS) is 15.0. The quantitative estimate of drug-likeness (QED) is 0.271. The molecule has 2 fully saturated rings. The summed E-state index contributed by atoms with van der Waals surface area (Å²) in [6, 6.07) is 21.0. The van der Waals surface area contributed by atoms with E-state index in [1.807, 2.05) is 90.6 Å². The van der Waals surface area contributed by atoms with Crippen LogP contribution in [-0.4, -0.2) is 81.3 Å². The van der Waals surface area contributed by atoms with E-state index in [1.165, 1.54) is 0 Å². The van der Waals surface area contributed by atoms with Gasteiger partial charge in [-0.2, -0.15) is 10.1 Å². The molecule has 8 aromatic rings. The number of nitrogens with zero attached hydrogens (tertiary/aromatic N) is 8. The second-order valence-electron chi connectivity index (χ2n) is 13.2. The number of nitrogens with one attached hydrogen (secondary N) is 2. The minimum Gasteiger partial charge on any atom is -0.422 e. The summed E-state index contributed by atoms with van der Waals surface area (Å²) in [5.41, 5.74) is 5.05. The van der Waals surface area contributed by atoms with Gasteiger partial charge < -0.3 is 33.7 Å². The average molecular weight is 709 g/mol. The fourth-order valence-electron chi connectivity index (χ4n) is 6.79. The number of aromatic nitrogens is 6. The lowest BCUT2D eigenvalue weighted by Crippen LogP contribution is -2.43. The molecular formula is C39H36N10O4. The fraction of sp³-hybridized carbons (Fsp3) is 0.231. The molecule has 10 heterocycles. The largest absolute Gasteiger partial charge is 0.422 e. The first-order valence-corrected chi connectivity index (χ1v) is 17.7. The Kier molecular flexibility index (Phi) is 8.37. The highest BCUT2D eigenvalue weighted by Gasteiger charge is 2.18. The van der Waals surface area contributed by atoms with Crippen molar-refractivity contribution in [1.82, 2.24) is 39.6 Å². The van der Waals surface area contributed by atoms with Crippen molar-refractivity contribution in [3.8, 4) is 22.5 Å². The van der Waals surface area contributed by atoms with Gasteiger partial charge >= 0.3 is 11.3 Å². The molecule has 14 heteroatoms. The SMILES string of the molecule is Cc1ccn2nc(-c3cc4ccc(N5CCNCC5)nc4oc3=O)cc2c1.O=c1oc2cc(N3CCNCC3)ncc2cc1-c1cn2ccccc2n1. The van der Waals surface area contributed by atoms with Crippen LogP contribution in [0.25, 0.3) is 55.7 Å². The smallest absolute Gasteiger partial charge is 0.347 e. The van der Waals surface area contributed by atoms with Crippen LogP contribution in [0.5, 0.6) is 0 Å². The van der Waals surface area contributed by atoms with E-state index >= 15 is 0 Å². The van der Waals surface area contributed by atoms with Gasteiger partial charge in [-0.3, -0.25) is 0 Å². The molecule has 2 aliphatic heterocycles. The van der Waals surface area contributed by atoms with Gasteiger partial charge in [-0.05, 0) is 67.1 Å².